The predicted molar refractivity (Wildman–Crippen MR) is 89.3 cm³/mol. The minimum Gasteiger partial charge on any atom is -0.381 e. The van der Waals surface area contributed by atoms with E-state index in [1.165, 1.54) is 12.8 Å². The molecule has 0 aliphatic heterocycles. The molecule has 0 fully saturated rings. The fourth-order valence-corrected chi connectivity index (χ4v) is 3.30. The first-order valence-electron chi connectivity index (χ1n) is 8.12. The molecule has 3 heteroatoms. The molecule has 0 amide bonds. The summed E-state index contributed by atoms with van der Waals surface area (Å²) in [4.78, 5) is 0. The number of ether oxygens (including phenoxy) is 1. The van der Waals surface area contributed by atoms with E-state index in [0.29, 0.717) is 5.92 Å². The molecule has 3 nitrogen and oxygen atoms in total. The highest BCUT2D eigenvalue weighted by Crippen LogP contribution is 2.32. The summed E-state index contributed by atoms with van der Waals surface area (Å²) in [6.07, 6.45) is 2.37. The number of nitrogens with one attached hydrogen (secondary N) is 2. The molecule has 0 rings (SSSR count). The van der Waals surface area contributed by atoms with Crippen LogP contribution in [-0.2, 0) is 4.74 Å². The van der Waals surface area contributed by atoms with Crippen LogP contribution in [0.25, 0.3) is 0 Å². The van der Waals surface area contributed by atoms with Crippen molar-refractivity contribution in [2.45, 2.75) is 84.8 Å². The molecule has 0 heterocycles. The molecule has 0 aromatic carbocycles. The summed E-state index contributed by atoms with van der Waals surface area (Å²) in [5, 5.41) is 7.41. The van der Waals surface area contributed by atoms with Gasteiger partial charge in [0.05, 0.1) is 6.61 Å². The molecule has 2 N–H and O–H groups in total. The molecule has 0 saturated heterocycles. The third-order valence-corrected chi connectivity index (χ3v) is 4.90. The van der Waals surface area contributed by atoms with Crippen LogP contribution in [0.1, 0.15) is 68.2 Å². The summed E-state index contributed by atoms with van der Waals surface area (Å²) < 4.78 is 5.65. The third kappa shape index (κ3) is 5.01. The molecule has 2 atom stereocenters. The van der Waals surface area contributed by atoms with Crippen molar-refractivity contribution < 1.29 is 4.74 Å². The van der Waals surface area contributed by atoms with Gasteiger partial charge in [0.2, 0.25) is 0 Å². The Morgan fingerprint density at radius 3 is 2.00 bits per heavy atom. The summed E-state index contributed by atoms with van der Waals surface area (Å²) >= 11 is 0. The average Bonchev–Trinajstić information content (AvgIpc) is 2.32. The monoisotopic (exact) mass is 286 g/mol. The van der Waals surface area contributed by atoms with E-state index < -0.39 is 0 Å². The fraction of sp³-hybridized carbons (Fsp3) is 1.00. The number of hydrogen-bond donors (Lipinski definition) is 2. The summed E-state index contributed by atoms with van der Waals surface area (Å²) in [6.45, 7) is 19.6. The lowest BCUT2D eigenvalue weighted by atomic mass is 9.71. The normalized spacial score (nSPS) is 17.9. The molecule has 0 bridgehead atoms. The predicted octanol–water partition coefficient (Wildman–Crippen LogP) is 3.58. The first-order valence-corrected chi connectivity index (χ1v) is 8.12. The van der Waals surface area contributed by atoms with Gasteiger partial charge in [0, 0.05) is 23.2 Å². The van der Waals surface area contributed by atoms with E-state index in [1.807, 2.05) is 0 Å². The molecule has 0 aliphatic rings. The van der Waals surface area contributed by atoms with Crippen LogP contribution in [0.15, 0.2) is 0 Å². The van der Waals surface area contributed by atoms with E-state index >= 15 is 0 Å². The van der Waals surface area contributed by atoms with Crippen LogP contribution in [0, 0.1) is 5.92 Å². The molecule has 0 aromatic rings. The summed E-state index contributed by atoms with van der Waals surface area (Å²) in [5.41, 5.74) is 0.0752. The second kappa shape index (κ2) is 7.77. The lowest BCUT2D eigenvalue weighted by molar-refractivity contribution is 0.0295. The molecule has 0 aliphatic carbocycles. The van der Waals surface area contributed by atoms with Crippen molar-refractivity contribution in [3.8, 4) is 0 Å². The van der Waals surface area contributed by atoms with Crippen molar-refractivity contribution in [2.75, 3.05) is 20.3 Å². The van der Waals surface area contributed by atoms with Crippen LogP contribution in [0.2, 0.25) is 0 Å². The zero-order valence-corrected chi connectivity index (χ0v) is 15.3. The zero-order chi connectivity index (χ0) is 16.0. The number of likely N-dealkylation sites (N-methyl/N-ethyl adjacent to an activating group) is 1. The summed E-state index contributed by atoms with van der Waals surface area (Å²) in [5.74, 6) is 0.423. The van der Waals surface area contributed by atoms with Gasteiger partial charge in [-0.1, -0.05) is 20.3 Å². The van der Waals surface area contributed by atoms with Crippen LogP contribution in [0.5, 0.6) is 0 Å². The Morgan fingerprint density at radius 1 is 1.05 bits per heavy atom. The van der Waals surface area contributed by atoms with Gasteiger partial charge in [0.15, 0.2) is 0 Å². The van der Waals surface area contributed by atoms with Gasteiger partial charge in [-0.2, -0.15) is 0 Å². The van der Waals surface area contributed by atoms with Crippen molar-refractivity contribution in [1.29, 1.82) is 0 Å². The topological polar surface area (TPSA) is 33.3 Å². The highest BCUT2D eigenvalue weighted by atomic mass is 16.5. The van der Waals surface area contributed by atoms with Crippen molar-refractivity contribution in [3.05, 3.63) is 0 Å². The molecule has 0 radical (unpaired) electrons. The van der Waals surface area contributed by atoms with Crippen LogP contribution in [0.4, 0.5) is 0 Å². The quantitative estimate of drug-likeness (QED) is 0.644. The minimum absolute atomic E-state index is 0.0308. The van der Waals surface area contributed by atoms with Crippen LogP contribution < -0.4 is 10.6 Å². The number of rotatable bonds is 10. The summed E-state index contributed by atoms with van der Waals surface area (Å²) in [6, 6.07) is 0. The molecule has 20 heavy (non-hydrogen) atoms. The molecular formula is C17H38N2O. The van der Waals surface area contributed by atoms with Crippen molar-refractivity contribution >= 4 is 0 Å². The lowest BCUT2D eigenvalue weighted by Crippen LogP contribution is -2.70. The Balaban J connectivity index is 5.07. The van der Waals surface area contributed by atoms with Gasteiger partial charge >= 0.3 is 0 Å². The molecule has 122 valence electrons. The van der Waals surface area contributed by atoms with Gasteiger partial charge in [-0.3, -0.25) is 0 Å². The standard InChI is InChI=1S/C17H38N2O/c1-10-12-15(4,5)19-16(6,7)17(8,18-9)14(3)13-20-11-2/h14,18-19H,10-13H2,1-9H3. The zero-order valence-electron chi connectivity index (χ0n) is 15.3. The van der Waals surface area contributed by atoms with E-state index in [0.717, 1.165) is 13.2 Å². The van der Waals surface area contributed by atoms with Crippen molar-refractivity contribution in [3.63, 3.8) is 0 Å². The minimum atomic E-state index is -0.0345. The highest BCUT2D eigenvalue weighted by Gasteiger charge is 2.45. The second-order valence-electron chi connectivity index (χ2n) is 7.40. The van der Waals surface area contributed by atoms with Gasteiger partial charge in [-0.25, -0.2) is 0 Å². The second-order valence-corrected chi connectivity index (χ2v) is 7.40. The van der Waals surface area contributed by atoms with Crippen molar-refractivity contribution in [2.24, 2.45) is 5.92 Å². The first-order chi connectivity index (χ1) is 9.06. The maximum Gasteiger partial charge on any atom is 0.0509 e. The van der Waals surface area contributed by atoms with Crippen LogP contribution >= 0.6 is 0 Å². The van der Waals surface area contributed by atoms with Gasteiger partial charge in [0.25, 0.3) is 0 Å². The Kier molecular flexibility index (Phi) is 7.72. The Bertz CT molecular complexity index is 276. The Labute approximate surface area is 127 Å². The van der Waals surface area contributed by atoms with E-state index in [4.69, 9.17) is 4.74 Å². The first kappa shape index (κ1) is 19.9. The molecule has 0 spiro atoms. The summed E-state index contributed by atoms with van der Waals surface area (Å²) in [7, 11) is 2.05. The van der Waals surface area contributed by atoms with Gasteiger partial charge in [-0.15, -0.1) is 0 Å². The van der Waals surface area contributed by atoms with Gasteiger partial charge in [-0.05, 0) is 60.9 Å². The largest absolute Gasteiger partial charge is 0.381 e. The molecule has 0 aromatic heterocycles. The van der Waals surface area contributed by atoms with Crippen LogP contribution in [0.3, 0.4) is 0 Å². The maximum absolute atomic E-state index is 5.65. The van der Waals surface area contributed by atoms with Gasteiger partial charge in [0.1, 0.15) is 0 Å². The van der Waals surface area contributed by atoms with E-state index in [9.17, 15) is 0 Å². The SMILES string of the molecule is CCCC(C)(C)NC(C)(C)C(C)(NC)C(C)COCC. The molecule has 0 saturated carbocycles. The van der Waals surface area contributed by atoms with E-state index in [2.05, 4.69) is 73.1 Å². The molecular weight excluding hydrogens is 248 g/mol. The Hall–Kier alpha value is -0.120. The fourth-order valence-electron chi connectivity index (χ4n) is 3.30. The van der Waals surface area contributed by atoms with Crippen LogP contribution in [-0.4, -0.2) is 36.9 Å². The van der Waals surface area contributed by atoms with E-state index in [1.54, 1.807) is 0 Å². The highest BCUT2D eigenvalue weighted by molar-refractivity contribution is 5.07. The molecule has 2 unspecified atom stereocenters. The van der Waals surface area contributed by atoms with Crippen molar-refractivity contribution in [1.82, 2.24) is 10.6 Å². The maximum atomic E-state index is 5.65. The third-order valence-electron chi connectivity index (χ3n) is 4.90. The number of hydrogen-bond acceptors (Lipinski definition) is 3. The lowest BCUT2D eigenvalue weighted by Gasteiger charge is -2.52. The average molecular weight is 287 g/mol. The smallest absolute Gasteiger partial charge is 0.0509 e. The van der Waals surface area contributed by atoms with Gasteiger partial charge < -0.3 is 15.4 Å². The van der Waals surface area contributed by atoms with E-state index in [-0.39, 0.29) is 16.6 Å². The Morgan fingerprint density at radius 2 is 1.60 bits per heavy atom.